The summed E-state index contributed by atoms with van der Waals surface area (Å²) in [7, 11) is 2.63. The zero-order valence-electron chi connectivity index (χ0n) is 20.8. The number of alkyl halides is 2. The third-order valence-corrected chi connectivity index (χ3v) is 5.48. The molecule has 4 rings (SSSR count). The van der Waals surface area contributed by atoms with Gasteiger partial charge in [0, 0.05) is 12.1 Å². The number of hydrogen-bond donors (Lipinski definition) is 1. The monoisotopic (exact) mass is 542 g/mol. The molecule has 0 radical (unpaired) electrons. The number of methoxy groups -OCH3 is 2. The lowest BCUT2D eigenvalue weighted by Gasteiger charge is -2.12. The fourth-order valence-corrected chi connectivity index (χ4v) is 3.52. The normalized spacial score (nSPS) is 10.8. The minimum absolute atomic E-state index is 0.121. The number of carbonyl (C=O) groups is 1. The molecule has 0 aliphatic heterocycles. The van der Waals surface area contributed by atoms with E-state index in [2.05, 4.69) is 25.0 Å². The van der Waals surface area contributed by atoms with E-state index >= 15 is 4.39 Å². The Kier molecular flexibility index (Phi) is 8.54. The van der Waals surface area contributed by atoms with Gasteiger partial charge in [0.1, 0.15) is 29.5 Å². The molecule has 0 fully saturated rings. The SMILES string of the molecule is COC(=O)c1cc(-c2ccc(OCC(F)F)cc2)nc(-c2cnc(NCc3ccc(OC)cc3)c(F)n2)c1F. The zero-order valence-corrected chi connectivity index (χ0v) is 20.8. The summed E-state index contributed by atoms with van der Waals surface area (Å²) in [6, 6.07) is 14.1. The summed E-state index contributed by atoms with van der Waals surface area (Å²) < 4.78 is 69.7. The Hall–Kier alpha value is -4.74. The fourth-order valence-electron chi connectivity index (χ4n) is 3.52. The van der Waals surface area contributed by atoms with E-state index in [1.54, 1.807) is 31.4 Å². The third kappa shape index (κ3) is 6.58. The summed E-state index contributed by atoms with van der Waals surface area (Å²) in [5.74, 6) is -2.38. The summed E-state index contributed by atoms with van der Waals surface area (Å²) in [4.78, 5) is 24.3. The first kappa shape index (κ1) is 27.3. The highest BCUT2D eigenvalue weighted by Crippen LogP contribution is 2.29. The van der Waals surface area contributed by atoms with Gasteiger partial charge in [-0.2, -0.15) is 4.39 Å². The van der Waals surface area contributed by atoms with Crippen LogP contribution in [0.25, 0.3) is 22.6 Å². The Labute approximate surface area is 220 Å². The maximum Gasteiger partial charge on any atom is 0.341 e. The van der Waals surface area contributed by atoms with Crippen LogP contribution in [0.3, 0.4) is 0 Å². The van der Waals surface area contributed by atoms with Crippen LogP contribution in [0.15, 0.2) is 60.8 Å². The Balaban J connectivity index is 1.63. The summed E-state index contributed by atoms with van der Waals surface area (Å²) >= 11 is 0. The molecule has 0 atom stereocenters. The first-order chi connectivity index (χ1) is 18.8. The van der Waals surface area contributed by atoms with Gasteiger partial charge in [0.25, 0.3) is 12.4 Å². The number of aromatic nitrogens is 3. The standard InChI is InChI=1S/C27H22F4N4O4/c1-37-17-7-3-15(4-8-17)12-32-26-25(31)35-21(13-33-26)24-23(30)19(27(36)38-2)11-20(34-24)16-5-9-18(10-6-16)39-14-22(28)29/h3-11,13,22H,12,14H2,1-2H3,(H,32,33). The van der Waals surface area contributed by atoms with Gasteiger partial charge < -0.3 is 19.5 Å². The van der Waals surface area contributed by atoms with E-state index in [-0.39, 0.29) is 29.5 Å². The van der Waals surface area contributed by atoms with E-state index in [1.165, 1.54) is 24.3 Å². The maximum atomic E-state index is 15.3. The maximum absolute atomic E-state index is 15.3. The Morgan fingerprint density at radius 2 is 1.64 bits per heavy atom. The number of hydrogen-bond acceptors (Lipinski definition) is 8. The van der Waals surface area contributed by atoms with Crippen molar-refractivity contribution in [2.75, 3.05) is 26.1 Å². The number of carbonyl (C=O) groups excluding carboxylic acids is 1. The summed E-state index contributed by atoms with van der Waals surface area (Å²) in [5, 5.41) is 2.82. The summed E-state index contributed by atoms with van der Waals surface area (Å²) in [6.07, 6.45) is -1.52. The van der Waals surface area contributed by atoms with Crippen LogP contribution in [0.5, 0.6) is 11.5 Å². The Morgan fingerprint density at radius 1 is 0.949 bits per heavy atom. The molecular weight excluding hydrogens is 520 g/mol. The minimum atomic E-state index is -2.64. The predicted molar refractivity (Wildman–Crippen MR) is 134 cm³/mol. The van der Waals surface area contributed by atoms with E-state index < -0.39 is 42.0 Å². The third-order valence-electron chi connectivity index (χ3n) is 5.48. The first-order valence-electron chi connectivity index (χ1n) is 11.5. The molecule has 0 aliphatic rings. The number of benzene rings is 2. The molecule has 0 bridgehead atoms. The molecule has 2 aromatic carbocycles. The van der Waals surface area contributed by atoms with E-state index in [4.69, 9.17) is 9.47 Å². The molecule has 0 amide bonds. The molecule has 8 nitrogen and oxygen atoms in total. The number of anilines is 1. The lowest BCUT2D eigenvalue weighted by Crippen LogP contribution is -2.10. The number of rotatable bonds is 10. The van der Waals surface area contributed by atoms with Crippen LogP contribution in [-0.4, -0.2) is 48.2 Å². The molecule has 39 heavy (non-hydrogen) atoms. The van der Waals surface area contributed by atoms with Crippen molar-refractivity contribution in [1.82, 2.24) is 15.0 Å². The second-order valence-corrected chi connectivity index (χ2v) is 8.03. The van der Waals surface area contributed by atoms with Gasteiger partial charge in [-0.3, -0.25) is 0 Å². The quantitative estimate of drug-likeness (QED) is 0.206. The van der Waals surface area contributed by atoms with Crippen LogP contribution >= 0.6 is 0 Å². The van der Waals surface area contributed by atoms with E-state index in [9.17, 15) is 18.0 Å². The predicted octanol–water partition coefficient (Wildman–Crippen LogP) is 5.54. The molecule has 2 heterocycles. The molecule has 0 unspecified atom stereocenters. The van der Waals surface area contributed by atoms with Gasteiger partial charge in [0.2, 0.25) is 0 Å². The van der Waals surface area contributed by atoms with Gasteiger partial charge in [-0.05, 0) is 48.0 Å². The lowest BCUT2D eigenvalue weighted by molar-refractivity contribution is 0.0595. The van der Waals surface area contributed by atoms with Crippen LogP contribution < -0.4 is 14.8 Å². The number of esters is 1. The van der Waals surface area contributed by atoms with Crippen LogP contribution in [0.2, 0.25) is 0 Å². The highest BCUT2D eigenvalue weighted by atomic mass is 19.3. The fraction of sp³-hybridized carbons (Fsp3) is 0.185. The van der Waals surface area contributed by atoms with Crippen molar-refractivity contribution in [3.8, 4) is 34.1 Å². The van der Waals surface area contributed by atoms with Gasteiger partial charge in [0.15, 0.2) is 11.6 Å². The second kappa shape index (κ2) is 12.2. The first-order valence-corrected chi connectivity index (χ1v) is 11.5. The number of pyridine rings is 1. The van der Waals surface area contributed by atoms with E-state index in [0.29, 0.717) is 11.3 Å². The molecule has 0 saturated heterocycles. The molecule has 1 N–H and O–H groups in total. The van der Waals surface area contributed by atoms with E-state index in [0.717, 1.165) is 24.9 Å². The van der Waals surface area contributed by atoms with Gasteiger partial charge in [-0.1, -0.05) is 12.1 Å². The average molecular weight is 542 g/mol. The van der Waals surface area contributed by atoms with Crippen LogP contribution in [0.1, 0.15) is 15.9 Å². The number of ether oxygens (including phenoxy) is 3. The molecular formula is C27H22F4N4O4. The highest BCUT2D eigenvalue weighted by Gasteiger charge is 2.23. The number of halogens is 4. The smallest absolute Gasteiger partial charge is 0.341 e. The number of nitrogens with one attached hydrogen (secondary N) is 1. The van der Waals surface area contributed by atoms with Gasteiger partial charge in [-0.15, -0.1) is 0 Å². The summed E-state index contributed by atoms with van der Waals surface area (Å²) in [5.41, 5.74) is 0.199. The van der Waals surface area contributed by atoms with Crippen LogP contribution in [-0.2, 0) is 11.3 Å². The topological polar surface area (TPSA) is 95.5 Å². The van der Waals surface area contributed by atoms with Crippen LogP contribution in [0, 0.1) is 11.8 Å². The molecule has 4 aromatic rings. The van der Waals surface area contributed by atoms with Crippen LogP contribution in [0.4, 0.5) is 23.4 Å². The van der Waals surface area contributed by atoms with Crippen molar-refractivity contribution in [2.24, 2.45) is 0 Å². The molecule has 0 saturated carbocycles. The number of nitrogens with zero attached hydrogens (tertiary/aromatic N) is 3. The molecule has 2 aromatic heterocycles. The Morgan fingerprint density at radius 3 is 2.26 bits per heavy atom. The van der Waals surface area contributed by atoms with Crippen molar-refractivity contribution in [3.05, 3.63) is 83.7 Å². The largest absolute Gasteiger partial charge is 0.497 e. The van der Waals surface area contributed by atoms with Crippen molar-refractivity contribution < 1.29 is 36.6 Å². The molecule has 0 spiro atoms. The van der Waals surface area contributed by atoms with Crippen molar-refractivity contribution in [1.29, 1.82) is 0 Å². The van der Waals surface area contributed by atoms with Crippen molar-refractivity contribution in [3.63, 3.8) is 0 Å². The van der Waals surface area contributed by atoms with E-state index in [1.807, 2.05) is 0 Å². The molecule has 202 valence electrons. The highest BCUT2D eigenvalue weighted by molar-refractivity contribution is 5.92. The van der Waals surface area contributed by atoms with Gasteiger partial charge in [-0.25, -0.2) is 32.9 Å². The second-order valence-electron chi connectivity index (χ2n) is 8.03. The van der Waals surface area contributed by atoms with Crippen molar-refractivity contribution in [2.45, 2.75) is 13.0 Å². The Bertz CT molecular complexity index is 1450. The van der Waals surface area contributed by atoms with Gasteiger partial charge in [0.05, 0.1) is 31.7 Å². The zero-order chi connectivity index (χ0) is 27.9. The molecule has 12 heteroatoms. The molecule has 0 aliphatic carbocycles. The lowest BCUT2D eigenvalue weighted by atomic mass is 10.1. The van der Waals surface area contributed by atoms with Gasteiger partial charge >= 0.3 is 5.97 Å². The average Bonchev–Trinajstić information content (AvgIpc) is 2.95. The summed E-state index contributed by atoms with van der Waals surface area (Å²) in [6.45, 7) is -0.541. The van der Waals surface area contributed by atoms with Crippen molar-refractivity contribution >= 4 is 11.8 Å². The minimum Gasteiger partial charge on any atom is -0.497 e.